The van der Waals surface area contributed by atoms with E-state index in [4.69, 9.17) is 14.7 Å². The van der Waals surface area contributed by atoms with Crippen molar-refractivity contribution >= 4 is 27.9 Å². The van der Waals surface area contributed by atoms with Crippen LogP contribution in [-0.4, -0.2) is 20.9 Å². The molecular weight excluding hydrogens is 386 g/mol. The van der Waals surface area contributed by atoms with Gasteiger partial charge in [0.05, 0.1) is 22.4 Å². The van der Waals surface area contributed by atoms with E-state index < -0.39 is 5.41 Å². The molecule has 0 radical (unpaired) electrons. The number of hydrogen-bond acceptors (Lipinski definition) is 5. The Hall–Kier alpha value is -3.34. The lowest BCUT2D eigenvalue weighted by molar-refractivity contribution is -0.144. The lowest BCUT2D eigenvalue weighted by Gasteiger charge is -2.35. The zero-order valence-electron chi connectivity index (χ0n) is 17.8. The van der Waals surface area contributed by atoms with Gasteiger partial charge in [-0.3, -0.25) is 4.79 Å². The van der Waals surface area contributed by atoms with Crippen LogP contribution in [0, 0.1) is 12.3 Å². The van der Waals surface area contributed by atoms with E-state index >= 15 is 0 Å². The molecule has 0 saturated heterocycles. The van der Waals surface area contributed by atoms with Crippen molar-refractivity contribution < 1.29 is 9.53 Å². The van der Waals surface area contributed by atoms with Gasteiger partial charge in [-0.2, -0.15) is 0 Å². The fraction of sp³-hybridized carbons (Fsp3) is 0.308. The monoisotopic (exact) mass is 409 g/mol. The Morgan fingerprint density at radius 3 is 2.55 bits per heavy atom. The third-order valence-electron chi connectivity index (χ3n) is 7.48. The quantitative estimate of drug-likeness (QED) is 0.334. The number of aromatic nitrogens is 3. The van der Waals surface area contributed by atoms with Crippen LogP contribution in [0.15, 0.2) is 54.6 Å². The topological polar surface area (TPSA) is 65.0 Å². The molecule has 1 saturated carbocycles. The first-order chi connectivity index (χ1) is 14.9. The molecule has 31 heavy (non-hydrogen) atoms. The highest BCUT2D eigenvalue weighted by Crippen LogP contribution is 2.67. The molecule has 4 aromatic rings. The van der Waals surface area contributed by atoms with E-state index in [0.29, 0.717) is 11.3 Å². The molecule has 5 nitrogen and oxygen atoms in total. The molecule has 2 aliphatic rings. The van der Waals surface area contributed by atoms with Gasteiger partial charge in [-0.25, -0.2) is 15.0 Å². The van der Waals surface area contributed by atoms with E-state index in [2.05, 4.69) is 18.8 Å². The summed E-state index contributed by atoms with van der Waals surface area (Å²) in [5.41, 5.74) is 3.91. The second-order valence-corrected chi connectivity index (χ2v) is 9.33. The van der Waals surface area contributed by atoms with Crippen LogP contribution >= 0.6 is 0 Å². The average molecular weight is 409 g/mol. The van der Waals surface area contributed by atoms with Crippen molar-refractivity contribution in [2.24, 2.45) is 5.41 Å². The van der Waals surface area contributed by atoms with E-state index in [1.54, 1.807) is 0 Å². The number of rotatable bonds is 2. The summed E-state index contributed by atoms with van der Waals surface area (Å²) in [6.45, 7) is 6.26. The van der Waals surface area contributed by atoms with Gasteiger partial charge in [0.15, 0.2) is 5.75 Å². The lowest BCUT2D eigenvalue weighted by atomic mass is 9.68. The number of hydrogen-bond donors (Lipinski definition) is 0. The van der Waals surface area contributed by atoms with Crippen LogP contribution in [0.3, 0.4) is 0 Å². The molecule has 2 aromatic heterocycles. The van der Waals surface area contributed by atoms with E-state index in [9.17, 15) is 4.79 Å². The number of pyridine rings is 1. The van der Waals surface area contributed by atoms with E-state index in [1.807, 2.05) is 61.5 Å². The minimum atomic E-state index is -0.810. The van der Waals surface area contributed by atoms with Crippen LogP contribution in [0.2, 0.25) is 0 Å². The molecule has 0 spiro atoms. The van der Waals surface area contributed by atoms with Crippen molar-refractivity contribution in [3.63, 3.8) is 0 Å². The van der Waals surface area contributed by atoms with Crippen LogP contribution in [-0.2, 0) is 10.2 Å². The summed E-state index contributed by atoms with van der Waals surface area (Å²) in [5.74, 6) is 0.446. The number of ether oxygens (including phenoxy) is 1. The first kappa shape index (κ1) is 18.4. The summed E-state index contributed by atoms with van der Waals surface area (Å²) in [6, 6.07) is 17.5. The fourth-order valence-corrected chi connectivity index (χ4v) is 5.76. The van der Waals surface area contributed by atoms with Crippen molar-refractivity contribution in [3.05, 3.63) is 71.7 Å². The van der Waals surface area contributed by atoms with Crippen LogP contribution in [0.4, 0.5) is 0 Å². The van der Waals surface area contributed by atoms with Crippen LogP contribution in [0.1, 0.15) is 49.7 Å². The molecule has 0 aliphatic heterocycles. The smallest absolute Gasteiger partial charge is 0.324 e. The van der Waals surface area contributed by atoms with Crippen molar-refractivity contribution in [1.82, 2.24) is 15.0 Å². The average Bonchev–Trinajstić information content (AvgIpc) is 3.14. The number of aryl methyl sites for hydroxylation is 1. The molecule has 154 valence electrons. The number of fused-ring (bicyclic) bond motifs is 7. The molecule has 1 fully saturated rings. The van der Waals surface area contributed by atoms with Gasteiger partial charge in [0.2, 0.25) is 0 Å². The first-order valence-electron chi connectivity index (χ1n) is 10.8. The molecule has 2 unspecified atom stereocenters. The summed E-state index contributed by atoms with van der Waals surface area (Å²) in [5, 5.41) is 0.953. The summed E-state index contributed by atoms with van der Waals surface area (Å²) < 4.78 is 6.12. The molecule has 2 bridgehead atoms. The normalized spacial score (nSPS) is 23.3. The lowest BCUT2D eigenvalue weighted by Crippen LogP contribution is -2.46. The largest absolute Gasteiger partial charge is 0.423 e. The molecule has 2 aliphatic carbocycles. The summed E-state index contributed by atoms with van der Waals surface area (Å²) in [6.07, 6.45) is 1.63. The van der Waals surface area contributed by atoms with E-state index in [0.717, 1.165) is 46.3 Å². The van der Waals surface area contributed by atoms with Gasteiger partial charge < -0.3 is 4.74 Å². The molecule has 6 rings (SSSR count). The predicted octanol–water partition coefficient (Wildman–Crippen LogP) is 5.25. The van der Waals surface area contributed by atoms with Crippen molar-refractivity contribution in [2.45, 2.75) is 44.9 Å². The maximum Gasteiger partial charge on any atom is 0.324 e. The SMILES string of the molecule is Cc1ccc2cccc(OC(=O)C34CCC(c5nc6ccccc6nc53)C4(C)C)c2n1. The zero-order valence-corrected chi connectivity index (χ0v) is 17.8. The first-order valence-corrected chi connectivity index (χ1v) is 10.8. The van der Waals surface area contributed by atoms with Gasteiger partial charge in [0.25, 0.3) is 0 Å². The predicted molar refractivity (Wildman–Crippen MR) is 119 cm³/mol. The Morgan fingerprint density at radius 2 is 1.74 bits per heavy atom. The van der Waals surface area contributed by atoms with Gasteiger partial charge >= 0.3 is 5.97 Å². The summed E-state index contributed by atoms with van der Waals surface area (Å²) in [7, 11) is 0. The van der Waals surface area contributed by atoms with Gasteiger partial charge in [-0.15, -0.1) is 0 Å². The van der Waals surface area contributed by atoms with E-state index in [-0.39, 0.29) is 17.3 Å². The third kappa shape index (κ3) is 2.32. The van der Waals surface area contributed by atoms with Gasteiger partial charge in [-0.05, 0) is 49.4 Å². The number of esters is 1. The number of carbonyl (C=O) groups excluding carboxylic acids is 1. The highest BCUT2D eigenvalue weighted by Gasteiger charge is 2.69. The Morgan fingerprint density at radius 1 is 0.968 bits per heavy atom. The summed E-state index contributed by atoms with van der Waals surface area (Å²) >= 11 is 0. The van der Waals surface area contributed by atoms with Crippen LogP contribution in [0.5, 0.6) is 5.75 Å². The maximum atomic E-state index is 13.9. The van der Waals surface area contributed by atoms with Crippen LogP contribution < -0.4 is 4.74 Å². The Kier molecular flexibility index (Phi) is 3.62. The standard InChI is InChI=1S/C26H23N3O2/c1-15-11-12-16-7-6-10-20(21(16)27-15)31-24(30)26-14-13-17(25(26,2)3)22-23(26)29-19-9-5-4-8-18(19)28-22/h4-12,17H,13-14H2,1-3H3. The Bertz CT molecular complexity index is 1390. The minimum Gasteiger partial charge on any atom is -0.423 e. The summed E-state index contributed by atoms with van der Waals surface area (Å²) in [4.78, 5) is 28.5. The molecular formula is C26H23N3O2. The second kappa shape index (κ2) is 6.10. The zero-order chi connectivity index (χ0) is 21.4. The van der Waals surface area contributed by atoms with Crippen LogP contribution in [0.25, 0.3) is 21.9 Å². The molecule has 2 aromatic carbocycles. The van der Waals surface area contributed by atoms with Gasteiger partial charge in [0.1, 0.15) is 10.9 Å². The number of nitrogens with zero attached hydrogens (tertiary/aromatic N) is 3. The number of benzene rings is 2. The Labute approximate surface area is 180 Å². The van der Waals surface area contributed by atoms with Gasteiger partial charge in [-0.1, -0.05) is 44.2 Å². The number of carbonyl (C=O) groups is 1. The second-order valence-electron chi connectivity index (χ2n) is 9.33. The minimum absolute atomic E-state index is 0.194. The highest BCUT2D eigenvalue weighted by atomic mass is 16.5. The van der Waals surface area contributed by atoms with Crippen molar-refractivity contribution in [1.29, 1.82) is 0 Å². The Balaban J connectivity index is 1.51. The molecule has 0 amide bonds. The molecule has 5 heteroatoms. The molecule has 2 atom stereocenters. The van der Waals surface area contributed by atoms with Crippen molar-refractivity contribution in [2.75, 3.05) is 0 Å². The third-order valence-corrected chi connectivity index (χ3v) is 7.48. The van der Waals surface area contributed by atoms with Gasteiger partial charge in [0, 0.05) is 17.0 Å². The highest BCUT2D eigenvalue weighted by molar-refractivity contribution is 5.93. The molecule has 2 heterocycles. The maximum absolute atomic E-state index is 13.9. The molecule has 0 N–H and O–H groups in total. The van der Waals surface area contributed by atoms with E-state index in [1.165, 1.54) is 0 Å². The fourth-order valence-electron chi connectivity index (χ4n) is 5.76. The number of para-hydroxylation sites is 3. The van der Waals surface area contributed by atoms with Crippen molar-refractivity contribution in [3.8, 4) is 5.75 Å².